The van der Waals surface area contributed by atoms with Gasteiger partial charge in [-0.3, -0.25) is 0 Å². The molecule has 1 atom stereocenters. The predicted molar refractivity (Wildman–Crippen MR) is 95.3 cm³/mol. The van der Waals surface area contributed by atoms with Gasteiger partial charge in [-0.15, -0.1) is 0 Å². The summed E-state index contributed by atoms with van der Waals surface area (Å²) in [6.45, 7) is 0.404. The highest BCUT2D eigenvalue weighted by molar-refractivity contribution is 6.30. The van der Waals surface area contributed by atoms with Crippen molar-refractivity contribution in [1.29, 1.82) is 0 Å². The van der Waals surface area contributed by atoms with Gasteiger partial charge in [0.15, 0.2) is 11.6 Å². The fourth-order valence-corrected chi connectivity index (χ4v) is 2.98. The Morgan fingerprint density at radius 2 is 1.86 bits per heavy atom. The average molecular weight is 413 g/mol. The molecule has 1 aromatic heterocycles. The van der Waals surface area contributed by atoms with Gasteiger partial charge in [-0.1, -0.05) is 11.6 Å². The summed E-state index contributed by atoms with van der Waals surface area (Å²) in [6, 6.07) is 5.64. The van der Waals surface area contributed by atoms with E-state index < -0.39 is 46.5 Å². The zero-order valence-corrected chi connectivity index (χ0v) is 15.4. The molecule has 28 heavy (non-hydrogen) atoms. The number of benzene rings is 2. The van der Waals surface area contributed by atoms with Crippen LogP contribution in [0.1, 0.15) is 18.1 Å². The molecule has 3 aromatic rings. The second-order valence-corrected chi connectivity index (χ2v) is 6.69. The smallest absolute Gasteiger partial charge is 0.204 e. The third-order valence-corrected chi connectivity index (χ3v) is 4.34. The van der Waals surface area contributed by atoms with E-state index in [0.717, 1.165) is 0 Å². The SMILES string of the molecule is CC(O)(Cn1cncn1)c1c(F)c(F)c(Oc2ccc(Cl)cc2)c(F)c1CN. The topological polar surface area (TPSA) is 86.2 Å². The normalized spacial score (nSPS) is 13.4. The largest absolute Gasteiger partial charge is 0.451 e. The number of aromatic nitrogens is 3. The third-order valence-electron chi connectivity index (χ3n) is 4.09. The molecule has 1 heterocycles. The molecule has 0 bridgehead atoms. The van der Waals surface area contributed by atoms with Crippen LogP contribution in [0.25, 0.3) is 0 Å². The Balaban J connectivity index is 2.08. The van der Waals surface area contributed by atoms with Crippen molar-refractivity contribution in [3.63, 3.8) is 0 Å². The van der Waals surface area contributed by atoms with E-state index in [0.29, 0.717) is 5.02 Å². The molecular formula is C18H16ClF3N4O2. The van der Waals surface area contributed by atoms with Crippen molar-refractivity contribution in [2.45, 2.75) is 25.6 Å². The fourth-order valence-electron chi connectivity index (χ4n) is 2.86. The van der Waals surface area contributed by atoms with E-state index in [2.05, 4.69) is 10.1 Å². The number of aliphatic hydroxyl groups is 1. The van der Waals surface area contributed by atoms with Gasteiger partial charge in [0.2, 0.25) is 11.6 Å². The van der Waals surface area contributed by atoms with E-state index >= 15 is 0 Å². The van der Waals surface area contributed by atoms with E-state index in [4.69, 9.17) is 22.1 Å². The first-order chi connectivity index (χ1) is 13.2. The first-order valence-corrected chi connectivity index (χ1v) is 8.50. The van der Waals surface area contributed by atoms with Crippen LogP contribution in [0.15, 0.2) is 36.9 Å². The maximum atomic E-state index is 15.0. The molecule has 0 radical (unpaired) electrons. The van der Waals surface area contributed by atoms with Crippen LogP contribution >= 0.6 is 11.6 Å². The summed E-state index contributed by atoms with van der Waals surface area (Å²) in [5.74, 6) is -5.16. The summed E-state index contributed by atoms with van der Waals surface area (Å²) in [6.07, 6.45) is 2.49. The minimum atomic E-state index is -2.02. The van der Waals surface area contributed by atoms with E-state index in [-0.39, 0.29) is 12.3 Å². The van der Waals surface area contributed by atoms with Crippen molar-refractivity contribution in [2.75, 3.05) is 0 Å². The van der Waals surface area contributed by atoms with Gasteiger partial charge in [-0.05, 0) is 31.2 Å². The Morgan fingerprint density at radius 3 is 2.43 bits per heavy atom. The van der Waals surface area contributed by atoms with Crippen molar-refractivity contribution in [2.24, 2.45) is 5.73 Å². The Bertz CT molecular complexity index is 980. The lowest BCUT2D eigenvalue weighted by molar-refractivity contribution is 0.0288. The summed E-state index contributed by atoms with van der Waals surface area (Å²) < 4.78 is 50.9. The quantitative estimate of drug-likeness (QED) is 0.605. The molecule has 0 saturated carbocycles. The average Bonchev–Trinajstić information content (AvgIpc) is 3.15. The molecule has 0 aliphatic heterocycles. The van der Waals surface area contributed by atoms with Crippen LogP contribution in [0.3, 0.4) is 0 Å². The molecule has 1 unspecified atom stereocenters. The number of hydrogen-bond acceptors (Lipinski definition) is 5. The van der Waals surface area contributed by atoms with Crippen molar-refractivity contribution in [3.8, 4) is 11.5 Å². The Hall–Kier alpha value is -2.62. The van der Waals surface area contributed by atoms with Gasteiger partial charge in [0.05, 0.1) is 6.54 Å². The van der Waals surface area contributed by atoms with Gasteiger partial charge >= 0.3 is 0 Å². The minimum Gasteiger partial charge on any atom is -0.451 e. The van der Waals surface area contributed by atoms with E-state index in [1.54, 1.807) is 0 Å². The van der Waals surface area contributed by atoms with Crippen molar-refractivity contribution < 1.29 is 23.0 Å². The summed E-state index contributed by atoms with van der Waals surface area (Å²) in [5, 5.41) is 14.9. The molecule has 10 heteroatoms. The van der Waals surface area contributed by atoms with Crippen LogP contribution in [0.5, 0.6) is 11.5 Å². The molecule has 0 aliphatic rings. The zero-order chi connectivity index (χ0) is 20.5. The number of nitrogens with two attached hydrogens (primary N) is 1. The highest BCUT2D eigenvalue weighted by Crippen LogP contribution is 2.39. The highest BCUT2D eigenvalue weighted by Gasteiger charge is 2.36. The van der Waals surface area contributed by atoms with Crippen LogP contribution < -0.4 is 10.5 Å². The zero-order valence-electron chi connectivity index (χ0n) is 14.7. The fraction of sp³-hybridized carbons (Fsp3) is 0.222. The van der Waals surface area contributed by atoms with Crippen LogP contribution in [-0.2, 0) is 18.7 Å². The van der Waals surface area contributed by atoms with Crippen molar-refractivity contribution in [3.05, 3.63) is 70.5 Å². The van der Waals surface area contributed by atoms with E-state index in [9.17, 15) is 18.3 Å². The minimum absolute atomic E-state index is 0.0479. The lowest BCUT2D eigenvalue weighted by atomic mass is 9.89. The monoisotopic (exact) mass is 412 g/mol. The first kappa shape index (κ1) is 20.1. The highest BCUT2D eigenvalue weighted by atomic mass is 35.5. The van der Waals surface area contributed by atoms with Gasteiger partial charge in [-0.25, -0.2) is 18.4 Å². The van der Waals surface area contributed by atoms with Crippen molar-refractivity contribution >= 4 is 11.6 Å². The van der Waals surface area contributed by atoms with Crippen LogP contribution in [0.2, 0.25) is 5.02 Å². The van der Waals surface area contributed by atoms with Crippen LogP contribution in [0.4, 0.5) is 13.2 Å². The maximum absolute atomic E-state index is 15.0. The van der Waals surface area contributed by atoms with Gasteiger partial charge in [-0.2, -0.15) is 9.49 Å². The van der Waals surface area contributed by atoms with Crippen LogP contribution in [-0.4, -0.2) is 19.9 Å². The molecule has 2 aromatic carbocycles. The molecule has 0 aliphatic carbocycles. The van der Waals surface area contributed by atoms with Gasteiger partial charge < -0.3 is 15.6 Å². The summed E-state index contributed by atoms with van der Waals surface area (Å²) >= 11 is 5.76. The lowest BCUT2D eigenvalue weighted by Gasteiger charge is -2.27. The Kier molecular flexibility index (Phi) is 5.59. The molecule has 3 rings (SSSR count). The second kappa shape index (κ2) is 7.78. The Morgan fingerprint density at radius 1 is 1.18 bits per heavy atom. The summed E-state index contributed by atoms with van der Waals surface area (Å²) in [4.78, 5) is 3.71. The number of hydrogen-bond donors (Lipinski definition) is 2. The number of rotatable bonds is 6. The number of nitrogens with zero attached hydrogens (tertiary/aromatic N) is 3. The molecule has 0 amide bonds. The Labute approximate surface area is 163 Å². The summed E-state index contributed by atoms with van der Waals surface area (Å²) in [5.41, 5.74) is 2.54. The molecule has 6 nitrogen and oxygen atoms in total. The molecule has 0 spiro atoms. The molecule has 3 N–H and O–H groups in total. The standard InChI is InChI=1S/C18H16ClF3N4O2/c1-18(27,7-26-9-24-8-25-26)13-12(6-23)14(20)17(16(22)15(13)21)28-11-4-2-10(19)3-5-11/h2-5,8-9,27H,6-7,23H2,1H3. The molecule has 148 valence electrons. The number of halogens is 4. The number of ether oxygens (including phenoxy) is 1. The van der Waals surface area contributed by atoms with E-state index in [1.165, 1.54) is 48.5 Å². The first-order valence-electron chi connectivity index (χ1n) is 8.12. The van der Waals surface area contributed by atoms with Gasteiger partial charge in [0.25, 0.3) is 0 Å². The molecular weight excluding hydrogens is 397 g/mol. The third kappa shape index (κ3) is 3.82. The lowest BCUT2D eigenvalue weighted by Crippen LogP contribution is -2.32. The summed E-state index contributed by atoms with van der Waals surface area (Å²) in [7, 11) is 0. The molecule has 0 fully saturated rings. The molecule has 0 saturated heterocycles. The second-order valence-electron chi connectivity index (χ2n) is 6.25. The van der Waals surface area contributed by atoms with Gasteiger partial charge in [0, 0.05) is 22.7 Å². The van der Waals surface area contributed by atoms with E-state index in [1.807, 2.05) is 0 Å². The van der Waals surface area contributed by atoms with Crippen molar-refractivity contribution in [1.82, 2.24) is 14.8 Å². The predicted octanol–water partition coefficient (Wildman–Crippen LogP) is 3.51. The maximum Gasteiger partial charge on any atom is 0.204 e. The van der Waals surface area contributed by atoms with Gasteiger partial charge in [0.1, 0.15) is 24.0 Å². The van der Waals surface area contributed by atoms with Crippen LogP contribution in [0, 0.1) is 17.5 Å².